The van der Waals surface area contributed by atoms with Crippen LogP contribution in [-0.2, 0) is 44.8 Å². The maximum Gasteiger partial charge on any atom is 0.364 e. The van der Waals surface area contributed by atoms with E-state index in [1.807, 2.05) is 20.8 Å². The van der Waals surface area contributed by atoms with E-state index in [-0.39, 0.29) is 49.8 Å². The number of rotatable bonds is 22. The molecule has 11 heteroatoms. The predicted molar refractivity (Wildman–Crippen MR) is 189 cm³/mol. The van der Waals surface area contributed by atoms with Gasteiger partial charge < -0.3 is 19.2 Å². The van der Waals surface area contributed by atoms with Crippen molar-refractivity contribution in [2.45, 2.75) is 168 Å². The van der Waals surface area contributed by atoms with E-state index in [0.717, 1.165) is 44.9 Å². The molecule has 0 aliphatic carbocycles. The first-order valence-electron chi connectivity index (χ1n) is 18.4. The molecule has 1 aromatic carbocycles. The zero-order valence-electron chi connectivity index (χ0n) is 31.3. The number of imide groups is 1. The normalized spacial score (nSPS) is 13.4. The van der Waals surface area contributed by atoms with Gasteiger partial charge in [0.05, 0.1) is 12.0 Å². The molecule has 0 radical (unpaired) electrons. The number of benzene rings is 1. The highest BCUT2D eigenvalue weighted by Crippen LogP contribution is 2.20. The van der Waals surface area contributed by atoms with Crippen LogP contribution in [0.1, 0.15) is 167 Å². The Labute approximate surface area is 298 Å². The molecule has 0 aromatic heterocycles. The van der Waals surface area contributed by atoms with Gasteiger partial charge >= 0.3 is 17.9 Å². The summed E-state index contributed by atoms with van der Waals surface area (Å²) < 4.78 is 10.8. The highest BCUT2D eigenvalue weighted by Gasteiger charge is 2.34. The molecular formula is C39H60N2O9. The summed E-state index contributed by atoms with van der Waals surface area (Å²) in [5.41, 5.74) is -0.461. The summed E-state index contributed by atoms with van der Waals surface area (Å²) >= 11 is 0. The van der Waals surface area contributed by atoms with Crippen molar-refractivity contribution in [3.63, 3.8) is 0 Å². The molecule has 1 saturated heterocycles. The van der Waals surface area contributed by atoms with E-state index >= 15 is 0 Å². The fourth-order valence-corrected chi connectivity index (χ4v) is 5.63. The summed E-state index contributed by atoms with van der Waals surface area (Å²) in [6.45, 7) is 11.2. The maximum absolute atomic E-state index is 13.4. The standard InChI is InChI=1S/C39H60N2O9/c1-38(2,3)48-35(45)24-18-16-14-12-10-8-7-9-11-13-15-17-23-32(42)40(28-27-36(46)49-39(4,5)6)29-30-21-19-20-22-31(30)37(47)50-41-33(43)25-26-34(41)44/h19-22H,7-18,23-29H2,1-6H3. The number of carbonyl (C=O) groups excluding carboxylic acids is 6. The van der Waals surface area contributed by atoms with Crippen LogP contribution in [0.25, 0.3) is 0 Å². The fourth-order valence-electron chi connectivity index (χ4n) is 5.63. The van der Waals surface area contributed by atoms with Gasteiger partial charge in [-0.15, -0.1) is 5.06 Å². The van der Waals surface area contributed by atoms with Crippen LogP contribution in [0, 0.1) is 0 Å². The van der Waals surface area contributed by atoms with Crippen molar-refractivity contribution in [1.82, 2.24) is 9.96 Å². The van der Waals surface area contributed by atoms with E-state index in [4.69, 9.17) is 14.3 Å². The number of hydroxylamine groups is 2. The van der Waals surface area contributed by atoms with Gasteiger partial charge in [0.25, 0.3) is 11.8 Å². The number of nitrogens with zero attached hydrogens (tertiary/aromatic N) is 2. The molecule has 11 nitrogen and oxygen atoms in total. The Kier molecular flexibility index (Phi) is 18.2. The van der Waals surface area contributed by atoms with E-state index in [1.165, 1.54) is 31.7 Å². The van der Waals surface area contributed by atoms with Crippen LogP contribution in [0.5, 0.6) is 0 Å². The lowest BCUT2D eigenvalue weighted by molar-refractivity contribution is -0.172. The van der Waals surface area contributed by atoms with Gasteiger partial charge in [0.1, 0.15) is 11.2 Å². The SMILES string of the molecule is CC(C)(C)OC(=O)CCCCCCCCCCCCCCC(=O)N(CCC(=O)OC(C)(C)C)Cc1ccccc1C(=O)ON1C(=O)CCC1=O. The Balaban J connectivity index is 1.76. The van der Waals surface area contributed by atoms with Crippen LogP contribution in [0.3, 0.4) is 0 Å². The van der Waals surface area contributed by atoms with Crippen LogP contribution in [-0.4, -0.2) is 63.3 Å². The molecule has 1 aromatic rings. The molecule has 50 heavy (non-hydrogen) atoms. The minimum Gasteiger partial charge on any atom is -0.460 e. The summed E-state index contributed by atoms with van der Waals surface area (Å²) in [7, 11) is 0. The van der Waals surface area contributed by atoms with E-state index in [9.17, 15) is 28.8 Å². The lowest BCUT2D eigenvalue weighted by Gasteiger charge is -2.25. The average molecular weight is 701 g/mol. The molecule has 2 rings (SSSR count). The van der Waals surface area contributed by atoms with E-state index in [0.29, 0.717) is 29.9 Å². The number of amides is 3. The molecule has 0 unspecified atom stereocenters. The number of ether oxygens (including phenoxy) is 2. The first-order valence-corrected chi connectivity index (χ1v) is 18.4. The van der Waals surface area contributed by atoms with Crippen LogP contribution < -0.4 is 0 Å². The van der Waals surface area contributed by atoms with Gasteiger partial charge in [0.2, 0.25) is 5.91 Å². The number of unbranched alkanes of at least 4 members (excludes halogenated alkanes) is 11. The lowest BCUT2D eigenvalue weighted by atomic mass is 10.0. The highest BCUT2D eigenvalue weighted by atomic mass is 16.7. The molecule has 3 amide bonds. The van der Waals surface area contributed by atoms with Crippen molar-refractivity contribution in [3.8, 4) is 0 Å². The molecule has 0 spiro atoms. The molecule has 0 N–H and O–H groups in total. The average Bonchev–Trinajstić information content (AvgIpc) is 3.33. The van der Waals surface area contributed by atoms with Crippen LogP contribution in [0.2, 0.25) is 0 Å². The molecule has 0 atom stereocenters. The van der Waals surface area contributed by atoms with Crippen molar-refractivity contribution >= 4 is 35.6 Å². The number of esters is 2. The minimum atomic E-state index is -0.862. The van der Waals surface area contributed by atoms with Crippen molar-refractivity contribution in [1.29, 1.82) is 0 Å². The third kappa shape index (κ3) is 17.8. The Morgan fingerprint density at radius 2 is 1.08 bits per heavy atom. The third-order valence-corrected chi connectivity index (χ3v) is 8.08. The smallest absolute Gasteiger partial charge is 0.364 e. The Morgan fingerprint density at radius 1 is 0.640 bits per heavy atom. The van der Waals surface area contributed by atoms with Crippen molar-refractivity contribution < 1.29 is 43.1 Å². The minimum absolute atomic E-state index is 0.00150. The third-order valence-electron chi connectivity index (χ3n) is 8.08. The predicted octanol–water partition coefficient (Wildman–Crippen LogP) is 7.77. The van der Waals surface area contributed by atoms with Crippen molar-refractivity contribution in [3.05, 3.63) is 35.4 Å². The van der Waals surface area contributed by atoms with Crippen LogP contribution in [0.4, 0.5) is 0 Å². The molecule has 280 valence electrons. The Morgan fingerprint density at radius 3 is 1.58 bits per heavy atom. The second-order valence-corrected chi connectivity index (χ2v) is 15.1. The molecule has 0 bridgehead atoms. The van der Waals surface area contributed by atoms with Crippen molar-refractivity contribution in [2.75, 3.05) is 6.54 Å². The van der Waals surface area contributed by atoms with Gasteiger partial charge in [-0.3, -0.25) is 24.0 Å². The van der Waals surface area contributed by atoms with Gasteiger partial charge in [-0.05, 0) is 66.0 Å². The van der Waals surface area contributed by atoms with Gasteiger partial charge in [0, 0.05) is 38.8 Å². The molecule has 1 aliphatic rings. The monoisotopic (exact) mass is 700 g/mol. The zero-order chi connectivity index (χ0) is 37.2. The number of carbonyl (C=O) groups is 6. The lowest BCUT2D eigenvalue weighted by Crippen LogP contribution is -2.35. The van der Waals surface area contributed by atoms with Gasteiger partial charge in [0.15, 0.2) is 0 Å². The summed E-state index contributed by atoms with van der Waals surface area (Å²) in [4.78, 5) is 81.3. The molecule has 1 aliphatic heterocycles. The second kappa shape index (κ2) is 21.5. The fraction of sp³-hybridized carbons (Fsp3) is 0.692. The molecular weight excluding hydrogens is 640 g/mol. The van der Waals surface area contributed by atoms with Gasteiger partial charge in [-0.1, -0.05) is 82.4 Å². The molecule has 1 fully saturated rings. The van der Waals surface area contributed by atoms with Crippen molar-refractivity contribution in [2.24, 2.45) is 0 Å². The van der Waals surface area contributed by atoms with Gasteiger partial charge in [-0.2, -0.15) is 0 Å². The number of hydrogen-bond acceptors (Lipinski definition) is 9. The van der Waals surface area contributed by atoms with E-state index < -0.39 is 35.0 Å². The number of hydrogen-bond donors (Lipinski definition) is 0. The molecule has 0 saturated carbocycles. The first-order chi connectivity index (χ1) is 23.6. The van der Waals surface area contributed by atoms with E-state index in [1.54, 1.807) is 43.9 Å². The van der Waals surface area contributed by atoms with Crippen LogP contribution in [0.15, 0.2) is 24.3 Å². The molecule has 1 heterocycles. The Hall–Kier alpha value is -3.76. The second-order valence-electron chi connectivity index (χ2n) is 15.1. The maximum atomic E-state index is 13.4. The van der Waals surface area contributed by atoms with Crippen LogP contribution >= 0.6 is 0 Å². The van der Waals surface area contributed by atoms with Gasteiger partial charge in [-0.25, -0.2) is 4.79 Å². The first kappa shape index (κ1) is 42.4. The Bertz CT molecular complexity index is 1260. The van der Waals surface area contributed by atoms with E-state index in [2.05, 4.69) is 0 Å². The highest BCUT2D eigenvalue weighted by molar-refractivity contribution is 6.03. The largest absolute Gasteiger partial charge is 0.460 e. The topological polar surface area (TPSA) is 137 Å². The summed E-state index contributed by atoms with van der Waals surface area (Å²) in [5.74, 6) is -2.68. The summed E-state index contributed by atoms with van der Waals surface area (Å²) in [5, 5.41) is 0.504. The zero-order valence-corrected chi connectivity index (χ0v) is 31.3. The quantitative estimate of drug-likeness (QED) is 0.0675. The summed E-state index contributed by atoms with van der Waals surface area (Å²) in [6, 6.07) is 6.57. The summed E-state index contributed by atoms with van der Waals surface area (Å²) in [6.07, 6.45) is 13.6.